The van der Waals surface area contributed by atoms with Crippen LogP contribution in [0.5, 0.6) is 0 Å². The van der Waals surface area contributed by atoms with Gasteiger partial charge in [-0.25, -0.2) is 0 Å². The summed E-state index contributed by atoms with van der Waals surface area (Å²) in [6, 6.07) is 0.458. The quantitative estimate of drug-likeness (QED) is 0.813. The van der Waals surface area contributed by atoms with E-state index in [-0.39, 0.29) is 0 Å². The van der Waals surface area contributed by atoms with Crippen molar-refractivity contribution in [3.63, 3.8) is 0 Å². The average Bonchev–Trinajstić information content (AvgIpc) is 2.89. The molecular weight excluding hydrogens is 202 g/mol. The van der Waals surface area contributed by atoms with Gasteiger partial charge in [0.2, 0.25) is 0 Å². The second-order valence-electron chi connectivity index (χ2n) is 4.57. The van der Waals surface area contributed by atoms with Crippen molar-refractivity contribution in [1.29, 1.82) is 0 Å². The maximum atomic E-state index is 5.64. The Hall–Kier alpha value is -0.870. The van der Waals surface area contributed by atoms with E-state index in [4.69, 9.17) is 4.74 Å². The molecule has 1 aliphatic rings. The minimum Gasteiger partial charge on any atom is -0.377 e. The molecule has 1 fully saturated rings. The van der Waals surface area contributed by atoms with Gasteiger partial charge in [-0.15, -0.1) is 0 Å². The molecule has 0 radical (unpaired) electrons. The van der Waals surface area contributed by atoms with Crippen LogP contribution < -0.4 is 5.32 Å². The lowest BCUT2D eigenvalue weighted by Crippen LogP contribution is -2.37. The second-order valence-corrected chi connectivity index (χ2v) is 4.57. The maximum absolute atomic E-state index is 5.64. The van der Waals surface area contributed by atoms with Gasteiger partial charge in [0.05, 0.1) is 12.3 Å². The number of hydrogen-bond acceptors (Lipinski definition) is 3. The molecule has 1 saturated heterocycles. The molecule has 2 atom stereocenters. The summed E-state index contributed by atoms with van der Waals surface area (Å²) < 4.78 is 7.49. The zero-order valence-electron chi connectivity index (χ0n) is 10.1. The normalized spacial score (nSPS) is 22.5. The number of nitrogens with zero attached hydrogens (tertiary/aromatic N) is 2. The fourth-order valence-corrected chi connectivity index (χ4v) is 2.17. The highest BCUT2D eigenvalue weighted by Gasteiger charge is 2.21. The smallest absolute Gasteiger partial charge is 0.0726 e. The average molecular weight is 223 g/mol. The van der Waals surface area contributed by atoms with Crippen LogP contribution >= 0.6 is 0 Å². The van der Waals surface area contributed by atoms with Crippen molar-refractivity contribution in [3.05, 3.63) is 18.0 Å². The number of aryl methyl sites for hydroxylation is 1. The fourth-order valence-electron chi connectivity index (χ4n) is 2.17. The van der Waals surface area contributed by atoms with Gasteiger partial charge < -0.3 is 10.1 Å². The van der Waals surface area contributed by atoms with E-state index >= 15 is 0 Å². The van der Waals surface area contributed by atoms with Gasteiger partial charge in [0.1, 0.15) is 0 Å². The van der Waals surface area contributed by atoms with E-state index in [2.05, 4.69) is 23.5 Å². The van der Waals surface area contributed by atoms with E-state index < -0.39 is 0 Å². The monoisotopic (exact) mass is 223 g/mol. The molecule has 90 valence electrons. The third-order valence-electron chi connectivity index (χ3n) is 3.16. The van der Waals surface area contributed by atoms with Gasteiger partial charge in [-0.2, -0.15) is 5.10 Å². The van der Waals surface area contributed by atoms with Crippen molar-refractivity contribution >= 4 is 0 Å². The van der Waals surface area contributed by atoms with Crippen LogP contribution in [-0.2, 0) is 18.2 Å². The highest BCUT2D eigenvalue weighted by molar-refractivity contribution is 5.03. The Balaban J connectivity index is 1.67. The van der Waals surface area contributed by atoms with Gasteiger partial charge in [-0.05, 0) is 38.3 Å². The zero-order chi connectivity index (χ0) is 11.4. The van der Waals surface area contributed by atoms with Crippen molar-refractivity contribution in [2.75, 3.05) is 13.2 Å². The molecule has 16 heavy (non-hydrogen) atoms. The van der Waals surface area contributed by atoms with Gasteiger partial charge in [0.25, 0.3) is 0 Å². The molecule has 4 heteroatoms. The molecule has 0 bridgehead atoms. The lowest BCUT2D eigenvalue weighted by atomic mass is 10.1. The summed E-state index contributed by atoms with van der Waals surface area (Å²) in [5, 5.41) is 7.68. The minimum absolute atomic E-state index is 0.411. The Morgan fingerprint density at radius 2 is 2.56 bits per heavy atom. The first-order valence-corrected chi connectivity index (χ1v) is 6.08. The van der Waals surface area contributed by atoms with Crippen LogP contribution in [0.1, 0.15) is 25.3 Å². The van der Waals surface area contributed by atoms with Gasteiger partial charge >= 0.3 is 0 Å². The highest BCUT2D eigenvalue weighted by atomic mass is 16.5. The molecule has 0 aliphatic carbocycles. The van der Waals surface area contributed by atoms with E-state index in [0.717, 1.165) is 19.6 Å². The van der Waals surface area contributed by atoms with Gasteiger partial charge in [-0.1, -0.05) is 0 Å². The summed E-state index contributed by atoms with van der Waals surface area (Å²) in [6.45, 7) is 4.13. The Labute approximate surface area is 97.0 Å². The molecule has 1 aromatic rings. The second kappa shape index (κ2) is 5.46. The van der Waals surface area contributed by atoms with Crippen LogP contribution in [0.15, 0.2) is 12.4 Å². The van der Waals surface area contributed by atoms with Crippen LogP contribution in [0.4, 0.5) is 0 Å². The molecule has 0 amide bonds. The first-order valence-electron chi connectivity index (χ1n) is 6.08. The molecule has 2 heterocycles. The van der Waals surface area contributed by atoms with Gasteiger partial charge in [0, 0.05) is 25.9 Å². The number of hydrogen-bond donors (Lipinski definition) is 1. The predicted molar refractivity (Wildman–Crippen MR) is 63.4 cm³/mol. The van der Waals surface area contributed by atoms with E-state index in [1.165, 1.54) is 18.4 Å². The molecule has 2 rings (SSSR count). The third kappa shape index (κ3) is 3.06. The largest absolute Gasteiger partial charge is 0.377 e. The molecule has 0 aromatic carbocycles. The predicted octanol–water partition coefficient (Wildman–Crippen LogP) is 1.12. The van der Waals surface area contributed by atoms with Crippen molar-refractivity contribution in [1.82, 2.24) is 15.1 Å². The van der Waals surface area contributed by atoms with Crippen molar-refractivity contribution in [2.45, 2.75) is 38.3 Å². The molecule has 1 aromatic heterocycles. The molecule has 0 saturated carbocycles. The van der Waals surface area contributed by atoms with E-state index in [1.807, 2.05) is 17.9 Å². The van der Waals surface area contributed by atoms with Crippen LogP contribution in [-0.4, -0.2) is 35.1 Å². The van der Waals surface area contributed by atoms with Crippen molar-refractivity contribution < 1.29 is 4.74 Å². The zero-order valence-corrected chi connectivity index (χ0v) is 10.1. The topological polar surface area (TPSA) is 39.1 Å². The molecule has 1 N–H and O–H groups in total. The Morgan fingerprint density at radius 3 is 3.19 bits per heavy atom. The molecule has 4 nitrogen and oxygen atoms in total. The standard InChI is InChI=1S/C12H21N3O/c1-10(12-4-3-7-16-12)13-6-5-11-8-14-15(2)9-11/h8-10,12-13H,3-7H2,1-2H3. The first kappa shape index (κ1) is 11.6. The van der Waals surface area contributed by atoms with Crippen LogP contribution in [0.25, 0.3) is 0 Å². The number of rotatable bonds is 5. The Morgan fingerprint density at radius 1 is 1.69 bits per heavy atom. The van der Waals surface area contributed by atoms with Crippen molar-refractivity contribution in [2.24, 2.45) is 7.05 Å². The molecule has 1 aliphatic heterocycles. The van der Waals surface area contributed by atoms with Crippen LogP contribution in [0.2, 0.25) is 0 Å². The molecule has 0 spiro atoms. The number of ether oxygens (including phenoxy) is 1. The van der Waals surface area contributed by atoms with E-state index in [9.17, 15) is 0 Å². The first-order chi connectivity index (χ1) is 7.75. The summed E-state index contributed by atoms with van der Waals surface area (Å²) >= 11 is 0. The summed E-state index contributed by atoms with van der Waals surface area (Å²) in [7, 11) is 1.95. The third-order valence-corrected chi connectivity index (χ3v) is 3.16. The van der Waals surface area contributed by atoms with E-state index in [0.29, 0.717) is 12.1 Å². The van der Waals surface area contributed by atoms with Gasteiger partial charge in [-0.3, -0.25) is 4.68 Å². The lowest BCUT2D eigenvalue weighted by molar-refractivity contribution is 0.0839. The van der Waals surface area contributed by atoms with Crippen molar-refractivity contribution in [3.8, 4) is 0 Å². The van der Waals surface area contributed by atoms with Crippen LogP contribution in [0.3, 0.4) is 0 Å². The number of nitrogens with one attached hydrogen (secondary N) is 1. The summed E-state index contributed by atoms with van der Waals surface area (Å²) in [5.74, 6) is 0. The highest BCUT2D eigenvalue weighted by Crippen LogP contribution is 2.15. The summed E-state index contributed by atoms with van der Waals surface area (Å²) in [6.07, 6.45) is 7.84. The number of aromatic nitrogens is 2. The Bertz CT molecular complexity index is 318. The Kier molecular flexibility index (Phi) is 3.96. The maximum Gasteiger partial charge on any atom is 0.0726 e. The van der Waals surface area contributed by atoms with Gasteiger partial charge in [0.15, 0.2) is 0 Å². The lowest BCUT2D eigenvalue weighted by Gasteiger charge is -2.19. The van der Waals surface area contributed by atoms with E-state index in [1.54, 1.807) is 0 Å². The van der Waals surface area contributed by atoms with Crippen LogP contribution in [0, 0.1) is 0 Å². The molecule has 2 unspecified atom stereocenters. The minimum atomic E-state index is 0.411. The SMILES string of the molecule is CC(NCCc1cnn(C)c1)C1CCCO1. The fraction of sp³-hybridized carbons (Fsp3) is 0.750. The summed E-state index contributed by atoms with van der Waals surface area (Å²) in [4.78, 5) is 0. The molecular formula is C12H21N3O. The summed E-state index contributed by atoms with van der Waals surface area (Å²) in [5.41, 5.74) is 1.29.